The first-order chi connectivity index (χ1) is 8.04. The maximum atomic E-state index is 13.1. The van der Waals surface area contributed by atoms with Crippen LogP contribution in [0.15, 0.2) is 22.7 Å². The number of carbonyl (C=O) groups is 1. The Hall–Kier alpha value is -0.940. The molecule has 0 spiro atoms. The summed E-state index contributed by atoms with van der Waals surface area (Å²) >= 11 is 3.14. The van der Waals surface area contributed by atoms with Gasteiger partial charge < -0.3 is 10.4 Å². The monoisotopic (exact) mass is 301 g/mol. The van der Waals surface area contributed by atoms with Gasteiger partial charge >= 0.3 is 0 Å². The average molecular weight is 302 g/mol. The second-order valence-corrected chi connectivity index (χ2v) is 5.41. The molecule has 1 aromatic rings. The molecule has 2 N–H and O–H groups in total. The molecule has 5 heteroatoms. The van der Waals surface area contributed by atoms with Gasteiger partial charge in [0.25, 0.3) is 5.91 Å². The highest BCUT2D eigenvalue weighted by molar-refractivity contribution is 9.10. The van der Waals surface area contributed by atoms with Crippen LogP contribution < -0.4 is 5.32 Å². The summed E-state index contributed by atoms with van der Waals surface area (Å²) in [5.74, 6) is -0.766. The van der Waals surface area contributed by atoms with Crippen molar-refractivity contribution >= 4 is 21.8 Å². The molecule has 0 unspecified atom stereocenters. The van der Waals surface area contributed by atoms with Crippen LogP contribution in [0.2, 0.25) is 0 Å². The SMILES string of the molecule is O=C(NCC1(CO)CC1)c1cc(F)cc(Br)c1. The van der Waals surface area contributed by atoms with Gasteiger partial charge in [0.2, 0.25) is 0 Å². The van der Waals surface area contributed by atoms with Crippen molar-refractivity contribution in [2.24, 2.45) is 5.41 Å². The molecule has 0 aliphatic heterocycles. The lowest BCUT2D eigenvalue weighted by atomic mass is 10.1. The van der Waals surface area contributed by atoms with Crippen molar-refractivity contribution < 1.29 is 14.3 Å². The Labute approximate surface area is 107 Å². The standard InChI is InChI=1S/C12H13BrFNO2/c13-9-3-8(4-10(14)5-9)11(17)15-6-12(7-16)1-2-12/h3-5,16H,1-2,6-7H2,(H,15,17). The number of hydrogen-bond acceptors (Lipinski definition) is 2. The zero-order valence-corrected chi connectivity index (χ0v) is 10.8. The molecule has 0 saturated heterocycles. The molecule has 0 atom stereocenters. The van der Waals surface area contributed by atoms with Gasteiger partial charge in [0.1, 0.15) is 5.82 Å². The average Bonchev–Trinajstić information content (AvgIpc) is 3.05. The number of nitrogens with one attached hydrogen (secondary N) is 1. The Morgan fingerprint density at radius 3 is 2.71 bits per heavy atom. The highest BCUT2D eigenvalue weighted by atomic mass is 79.9. The summed E-state index contributed by atoms with van der Waals surface area (Å²) in [6.07, 6.45) is 1.85. The Morgan fingerprint density at radius 1 is 1.47 bits per heavy atom. The number of aliphatic hydroxyl groups is 1. The van der Waals surface area contributed by atoms with Gasteiger partial charge in [-0.1, -0.05) is 15.9 Å². The minimum absolute atomic E-state index is 0.0835. The van der Waals surface area contributed by atoms with Crippen molar-refractivity contribution in [3.63, 3.8) is 0 Å². The summed E-state index contributed by atoms with van der Waals surface area (Å²) in [5.41, 5.74) is 0.144. The molecular formula is C12H13BrFNO2. The fourth-order valence-electron chi connectivity index (χ4n) is 1.62. The Balaban J connectivity index is 1.99. The van der Waals surface area contributed by atoms with Crippen LogP contribution in [0.4, 0.5) is 4.39 Å². The number of halogens is 2. The van der Waals surface area contributed by atoms with E-state index in [2.05, 4.69) is 21.2 Å². The van der Waals surface area contributed by atoms with Gasteiger partial charge in [0.05, 0.1) is 6.61 Å². The summed E-state index contributed by atoms with van der Waals surface area (Å²) in [6, 6.07) is 4.06. The first kappa shape index (κ1) is 12.5. The van der Waals surface area contributed by atoms with Gasteiger partial charge in [-0.05, 0) is 31.0 Å². The third kappa shape index (κ3) is 3.04. The first-order valence-corrected chi connectivity index (χ1v) is 6.19. The summed E-state index contributed by atoms with van der Waals surface area (Å²) in [6.45, 7) is 0.524. The molecule has 0 radical (unpaired) electrons. The van der Waals surface area contributed by atoms with Crippen molar-refractivity contribution in [1.82, 2.24) is 5.32 Å². The molecule has 3 nitrogen and oxygen atoms in total. The Morgan fingerprint density at radius 2 is 2.18 bits per heavy atom. The van der Waals surface area contributed by atoms with E-state index in [4.69, 9.17) is 5.11 Å². The maximum absolute atomic E-state index is 13.1. The summed E-state index contributed by atoms with van der Waals surface area (Å²) in [5, 5.41) is 11.8. The molecular weight excluding hydrogens is 289 g/mol. The molecule has 2 rings (SSSR count). The van der Waals surface area contributed by atoms with Gasteiger partial charge in [-0.3, -0.25) is 4.79 Å². The lowest BCUT2D eigenvalue weighted by Crippen LogP contribution is -2.31. The predicted molar refractivity (Wildman–Crippen MR) is 65.2 cm³/mol. The molecule has 1 fully saturated rings. The van der Waals surface area contributed by atoms with E-state index < -0.39 is 5.82 Å². The highest BCUT2D eigenvalue weighted by Crippen LogP contribution is 2.44. The molecule has 17 heavy (non-hydrogen) atoms. The van der Waals surface area contributed by atoms with Crippen LogP contribution in [0.3, 0.4) is 0 Å². The molecule has 1 aromatic carbocycles. The number of carbonyl (C=O) groups excluding carboxylic acids is 1. The van der Waals surface area contributed by atoms with Crippen molar-refractivity contribution in [2.45, 2.75) is 12.8 Å². The van der Waals surface area contributed by atoms with E-state index in [1.807, 2.05) is 0 Å². The van der Waals surface area contributed by atoms with Gasteiger partial charge in [0, 0.05) is 22.0 Å². The van der Waals surface area contributed by atoms with E-state index in [9.17, 15) is 9.18 Å². The summed E-state index contributed by atoms with van der Waals surface area (Å²) in [4.78, 5) is 11.8. The van der Waals surface area contributed by atoms with Gasteiger partial charge in [-0.2, -0.15) is 0 Å². The van der Waals surface area contributed by atoms with Crippen LogP contribution >= 0.6 is 15.9 Å². The third-order valence-electron chi connectivity index (χ3n) is 3.04. The Bertz CT molecular complexity index is 426. The van der Waals surface area contributed by atoms with Crippen LogP contribution in [-0.4, -0.2) is 24.2 Å². The molecule has 1 amide bonds. The van der Waals surface area contributed by atoms with E-state index in [1.54, 1.807) is 6.07 Å². The molecule has 92 valence electrons. The predicted octanol–water partition coefficient (Wildman–Crippen LogP) is 2.09. The number of rotatable bonds is 4. The minimum Gasteiger partial charge on any atom is -0.396 e. The summed E-state index contributed by atoms with van der Waals surface area (Å²) in [7, 11) is 0. The third-order valence-corrected chi connectivity index (χ3v) is 3.50. The van der Waals surface area contributed by atoms with Crippen molar-refractivity contribution in [1.29, 1.82) is 0 Å². The van der Waals surface area contributed by atoms with E-state index >= 15 is 0 Å². The molecule has 0 heterocycles. The van der Waals surface area contributed by atoms with Gasteiger partial charge in [-0.25, -0.2) is 4.39 Å². The lowest BCUT2D eigenvalue weighted by molar-refractivity contribution is 0.0934. The summed E-state index contributed by atoms with van der Waals surface area (Å²) < 4.78 is 13.6. The van der Waals surface area contributed by atoms with Crippen LogP contribution in [0.25, 0.3) is 0 Å². The van der Waals surface area contributed by atoms with Crippen LogP contribution in [0.1, 0.15) is 23.2 Å². The minimum atomic E-state index is -0.451. The number of benzene rings is 1. The van der Waals surface area contributed by atoms with Gasteiger partial charge in [0.15, 0.2) is 0 Å². The van der Waals surface area contributed by atoms with E-state index in [0.29, 0.717) is 11.0 Å². The number of amides is 1. The lowest BCUT2D eigenvalue weighted by Gasteiger charge is -2.12. The van der Waals surface area contributed by atoms with Crippen LogP contribution in [-0.2, 0) is 0 Å². The fourth-order valence-corrected chi connectivity index (χ4v) is 2.09. The van der Waals surface area contributed by atoms with Gasteiger partial charge in [-0.15, -0.1) is 0 Å². The van der Waals surface area contributed by atoms with E-state index in [0.717, 1.165) is 12.8 Å². The number of hydrogen-bond donors (Lipinski definition) is 2. The smallest absolute Gasteiger partial charge is 0.251 e. The van der Waals surface area contributed by atoms with Crippen molar-refractivity contribution in [3.05, 3.63) is 34.1 Å². The van der Waals surface area contributed by atoms with Crippen LogP contribution in [0, 0.1) is 11.2 Å². The largest absolute Gasteiger partial charge is 0.396 e. The molecule has 1 saturated carbocycles. The van der Waals surface area contributed by atoms with E-state index in [1.165, 1.54) is 12.1 Å². The quantitative estimate of drug-likeness (QED) is 0.895. The number of aliphatic hydroxyl groups excluding tert-OH is 1. The maximum Gasteiger partial charge on any atom is 0.251 e. The zero-order chi connectivity index (χ0) is 12.5. The normalized spacial score (nSPS) is 16.6. The zero-order valence-electron chi connectivity index (χ0n) is 9.17. The topological polar surface area (TPSA) is 49.3 Å². The van der Waals surface area contributed by atoms with E-state index in [-0.39, 0.29) is 23.5 Å². The Kier molecular flexibility index (Phi) is 3.49. The van der Waals surface area contributed by atoms with Crippen molar-refractivity contribution in [3.8, 4) is 0 Å². The van der Waals surface area contributed by atoms with Crippen molar-refractivity contribution in [2.75, 3.05) is 13.2 Å². The first-order valence-electron chi connectivity index (χ1n) is 5.40. The second kappa shape index (κ2) is 4.74. The molecule has 0 aromatic heterocycles. The highest BCUT2D eigenvalue weighted by Gasteiger charge is 2.42. The molecule has 1 aliphatic rings. The molecule has 1 aliphatic carbocycles. The van der Waals surface area contributed by atoms with Crippen LogP contribution in [0.5, 0.6) is 0 Å². The second-order valence-electron chi connectivity index (χ2n) is 4.50. The fraction of sp³-hybridized carbons (Fsp3) is 0.417. The molecule has 0 bridgehead atoms.